The molecule has 1 aliphatic heterocycles. The maximum absolute atomic E-state index is 12.4. The predicted molar refractivity (Wildman–Crippen MR) is 89.9 cm³/mol. The summed E-state index contributed by atoms with van der Waals surface area (Å²) < 4.78 is 0. The molecule has 0 bridgehead atoms. The first kappa shape index (κ1) is 16.3. The Hall–Kier alpha value is -2.55. The number of carbonyl (C=O) groups is 2. The predicted octanol–water partition coefficient (Wildman–Crippen LogP) is 1.66. The summed E-state index contributed by atoms with van der Waals surface area (Å²) in [5.74, 6) is -0.144. The van der Waals surface area contributed by atoms with E-state index in [9.17, 15) is 9.59 Å². The molecular formula is C15H18N6O2S. The zero-order valence-corrected chi connectivity index (χ0v) is 14.3. The van der Waals surface area contributed by atoms with Crippen molar-refractivity contribution in [2.45, 2.75) is 32.9 Å². The second kappa shape index (κ2) is 6.91. The number of fused-ring (bicyclic) bond motifs is 1. The molecule has 2 aromatic rings. The molecule has 8 nitrogen and oxygen atoms in total. The van der Waals surface area contributed by atoms with Gasteiger partial charge in [-0.25, -0.2) is 14.8 Å². The van der Waals surface area contributed by atoms with Crippen molar-refractivity contribution in [2.75, 3.05) is 11.9 Å². The molecule has 0 saturated heterocycles. The van der Waals surface area contributed by atoms with Crippen LogP contribution in [0.25, 0.3) is 0 Å². The fourth-order valence-corrected chi connectivity index (χ4v) is 3.41. The molecule has 0 atom stereocenters. The Bertz CT molecular complexity index is 746. The van der Waals surface area contributed by atoms with E-state index in [0.717, 1.165) is 10.6 Å². The molecule has 0 radical (unpaired) electrons. The zero-order chi connectivity index (χ0) is 17.1. The summed E-state index contributed by atoms with van der Waals surface area (Å²) in [6.07, 6.45) is 5.16. The van der Waals surface area contributed by atoms with Crippen molar-refractivity contribution in [1.82, 2.24) is 25.2 Å². The second-order valence-electron chi connectivity index (χ2n) is 5.71. The van der Waals surface area contributed by atoms with E-state index < -0.39 is 0 Å². The van der Waals surface area contributed by atoms with Crippen LogP contribution in [0.2, 0.25) is 0 Å². The molecule has 2 aromatic heterocycles. The third kappa shape index (κ3) is 3.67. The van der Waals surface area contributed by atoms with Crippen molar-refractivity contribution in [3.05, 3.63) is 34.9 Å². The largest absolute Gasteiger partial charge is 0.336 e. The van der Waals surface area contributed by atoms with Crippen molar-refractivity contribution in [3.8, 4) is 0 Å². The third-order valence-corrected chi connectivity index (χ3v) is 4.44. The molecule has 0 aromatic carbocycles. The smallest absolute Gasteiger partial charge is 0.321 e. The highest BCUT2D eigenvalue weighted by atomic mass is 32.1. The van der Waals surface area contributed by atoms with Gasteiger partial charge in [-0.05, 0) is 13.8 Å². The van der Waals surface area contributed by atoms with Crippen molar-refractivity contribution < 1.29 is 9.59 Å². The number of hydrogen-bond donors (Lipinski definition) is 2. The summed E-state index contributed by atoms with van der Waals surface area (Å²) >= 11 is 1.39. The lowest BCUT2D eigenvalue weighted by atomic mass is 10.1. The number of urea groups is 1. The topological polar surface area (TPSA) is 100 Å². The van der Waals surface area contributed by atoms with Gasteiger partial charge in [0.2, 0.25) is 0 Å². The highest BCUT2D eigenvalue weighted by Gasteiger charge is 2.26. The minimum Gasteiger partial charge on any atom is -0.336 e. The van der Waals surface area contributed by atoms with E-state index >= 15 is 0 Å². The Labute approximate surface area is 143 Å². The van der Waals surface area contributed by atoms with E-state index in [1.54, 1.807) is 4.90 Å². The van der Waals surface area contributed by atoms with Crippen LogP contribution < -0.4 is 10.6 Å². The Morgan fingerprint density at radius 1 is 1.33 bits per heavy atom. The van der Waals surface area contributed by atoms with Crippen LogP contribution in [0.5, 0.6) is 0 Å². The van der Waals surface area contributed by atoms with E-state index in [-0.39, 0.29) is 18.0 Å². The number of nitrogens with one attached hydrogen (secondary N) is 2. The average Bonchev–Trinajstić information content (AvgIpc) is 2.95. The molecule has 9 heteroatoms. The Balaban J connectivity index is 1.68. The molecule has 3 amide bonds. The van der Waals surface area contributed by atoms with Gasteiger partial charge in [-0.1, -0.05) is 11.3 Å². The maximum Gasteiger partial charge on any atom is 0.321 e. The zero-order valence-electron chi connectivity index (χ0n) is 13.4. The second-order valence-corrected chi connectivity index (χ2v) is 6.79. The van der Waals surface area contributed by atoms with Crippen LogP contribution >= 0.6 is 11.3 Å². The van der Waals surface area contributed by atoms with E-state index in [4.69, 9.17) is 0 Å². The lowest BCUT2D eigenvalue weighted by Crippen LogP contribution is -2.36. The van der Waals surface area contributed by atoms with Crippen LogP contribution in [0, 0.1) is 0 Å². The van der Waals surface area contributed by atoms with Crippen molar-refractivity contribution >= 4 is 28.4 Å². The first-order chi connectivity index (χ1) is 11.5. The lowest BCUT2D eigenvalue weighted by Gasteiger charge is -2.25. The van der Waals surface area contributed by atoms with Crippen LogP contribution in [0.1, 0.15) is 34.9 Å². The fourth-order valence-electron chi connectivity index (χ4n) is 2.39. The number of thiazole rings is 1. The summed E-state index contributed by atoms with van der Waals surface area (Å²) in [6.45, 7) is 4.82. The average molecular weight is 346 g/mol. The van der Waals surface area contributed by atoms with Gasteiger partial charge in [-0.15, -0.1) is 0 Å². The Morgan fingerprint density at radius 2 is 2.17 bits per heavy atom. The Kier molecular flexibility index (Phi) is 4.70. The molecular weight excluding hydrogens is 328 g/mol. The molecule has 2 N–H and O–H groups in total. The van der Waals surface area contributed by atoms with Gasteiger partial charge in [-0.2, -0.15) is 0 Å². The normalized spacial score (nSPS) is 13.5. The molecule has 0 spiro atoms. The van der Waals surface area contributed by atoms with E-state index in [1.165, 1.54) is 29.9 Å². The first-order valence-electron chi connectivity index (χ1n) is 7.64. The van der Waals surface area contributed by atoms with Crippen LogP contribution in [0.3, 0.4) is 0 Å². The molecule has 0 saturated carbocycles. The molecule has 0 aliphatic carbocycles. The van der Waals surface area contributed by atoms with Crippen molar-refractivity contribution in [1.29, 1.82) is 0 Å². The number of aromatic nitrogens is 3. The van der Waals surface area contributed by atoms with Gasteiger partial charge >= 0.3 is 6.03 Å². The van der Waals surface area contributed by atoms with Gasteiger partial charge in [0.25, 0.3) is 5.91 Å². The van der Waals surface area contributed by atoms with Gasteiger partial charge in [0, 0.05) is 36.3 Å². The number of rotatable bonds is 3. The SMILES string of the molecule is CC(C)NC(=O)Nc1nc2c(s1)CN(C(=O)c1cnccn1)CC2. The van der Waals surface area contributed by atoms with Gasteiger partial charge < -0.3 is 10.2 Å². The summed E-state index contributed by atoms with van der Waals surface area (Å²) in [5, 5.41) is 6.04. The van der Waals surface area contributed by atoms with Crippen LogP contribution in [0.15, 0.2) is 18.6 Å². The maximum atomic E-state index is 12.4. The summed E-state index contributed by atoms with van der Waals surface area (Å²) in [6, 6.07) is -0.219. The van der Waals surface area contributed by atoms with E-state index in [0.29, 0.717) is 30.3 Å². The summed E-state index contributed by atoms with van der Waals surface area (Å²) in [7, 11) is 0. The molecule has 126 valence electrons. The molecule has 3 heterocycles. The quantitative estimate of drug-likeness (QED) is 0.880. The van der Waals surface area contributed by atoms with Gasteiger partial charge in [0.05, 0.1) is 18.4 Å². The fraction of sp³-hybridized carbons (Fsp3) is 0.400. The van der Waals surface area contributed by atoms with Gasteiger partial charge in [0.1, 0.15) is 5.69 Å². The van der Waals surface area contributed by atoms with Crippen LogP contribution in [0.4, 0.5) is 9.93 Å². The van der Waals surface area contributed by atoms with E-state index in [1.807, 2.05) is 13.8 Å². The van der Waals surface area contributed by atoms with Crippen molar-refractivity contribution in [2.24, 2.45) is 0 Å². The van der Waals surface area contributed by atoms with E-state index in [2.05, 4.69) is 25.6 Å². The Morgan fingerprint density at radius 3 is 2.88 bits per heavy atom. The standard InChI is InChI=1S/C15H18N6O2S/c1-9(2)18-14(23)20-15-19-10-3-6-21(8-12(10)24-15)13(22)11-7-16-4-5-17-11/h4-5,7,9H,3,6,8H2,1-2H3,(H2,18,19,20,23). The number of nitrogens with zero attached hydrogens (tertiary/aromatic N) is 4. The monoisotopic (exact) mass is 346 g/mol. The first-order valence-corrected chi connectivity index (χ1v) is 8.46. The lowest BCUT2D eigenvalue weighted by molar-refractivity contribution is 0.0729. The molecule has 24 heavy (non-hydrogen) atoms. The minimum atomic E-state index is -0.274. The highest BCUT2D eigenvalue weighted by Crippen LogP contribution is 2.28. The van der Waals surface area contributed by atoms with Crippen molar-refractivity contribution in [3.63, 3.8) is 0 Å². The number of anilines is 1. The summed E-state index contributed by atoms with van der Waals surface area (Å²) in [5.41, 5.74) is 1.27. The molecule has 3 rings (SSSR count). The highest BCUT2D eigenvalue weighted by molar-refractivity contribution is 7.15. The third-order valence-electron chi connectivity index (χ3n) is 3.44. The molecule has 0 fully saturated rings. The number of hydrogen-bond acceptors (Lipinski definition) is 6. The summed E-state index contributed by atoms with van der Waals surface area (Å²) in [4.78, 5) is 39.3. The van der Waals surface area contributed by atoms with Gasteiger partial charge in [-0.3, -0.25) is 15.1 Å². The van der Waals surface area contributed by atoms with Crippen LogP contribution in [-0.4, -0.2) is 44.4 Å². The molecule has 0 unspecified atom stereocenters. The molecule has 1 aliphatic rings. The number of carbonyl (C=O) groups excluding carboxylic acids is 2. The minimum absolute atomic E-state index is 0.0553. The van der Waals surface area contributed by atoms with Gasteiger partial charge in [0.15, 0.2) is 5.13 Å². The number of amides is 3. The van der Waals surface area contributed by atoms with Crippen LogP contribution in [-0.2, 0) is 13.0 Å².